The topological polar surface area (TPSA) is 73.9 Å². The quantitative estimate of drug-likeness (QED) is 0.804. The molecule has 0 spiro atoms. The van der Waals surface area contributed by atoms with Crippen LogP contribution >= 0.6 is 0 Å². The molecule has 6 nitrogen and oxygen atoms in total. The molecule has 0 unspecified atom stereocenters. The van der Waals surface area contributed by atoms with Crippen LogP contribution in [-0.2, 0) is 16.4 Å². The fraction of sp³-hybridized carbons (Fsp3) is 0.500. The highest BCUT2D eigenvalue weighted by Crippen LogP contribution is 2.38. The summed E-state index contributed by atoms with van der Waals surface area (Å²) in [7, 11) is 1.43. The van der Waals surface area contributed by atoms with Gasteiger partial charge in [0.2, 0.25) is 15.8 Å². The predicted molar refractivity (Wildman–Crippen MR) is 72.6 cm³/mol. The second-order valence-electron chi connectivity index (χ2n) is 3.95. The zero-order valence-corrected chi connectivity index (χ0v) is 12.3. The third kappa shape index (κ3) is 4.60. The number of sulfonamides is 1. The van der Waals surface area contributed by atoms with Gasteiger partial charge in [-0.15, -0.1) is 0 Å². The summed E-state index contributed by atoms with van der Waals surface area (Å²) in [5.74, 6) is 1.62. The summed E-state index contributed by atoms with van der Waals surface area (Å²) in [5, 5.41) is 0. The Morgan fingerprint density at radius 2 is 1.58 bits per heavy atom. The Hall–Kier alpha value is -1.47. The molecule has 0 aliphatic carbocycles. The summed E-state index contributed by atoms with van der Waals surface area (Å²) in [6, 6.07) is 3.59. The van der Waals surface area contributed by atoms with Crippen molar-refractivity contribution in [3.63, 3.8) is 0 Å². The van der Waals surface area contributed by atoms with Crippen molar-refractivity contribution in [2.24, 2.45) is 0 Å². The van der Waals surface area contributed by atoms with Crippen LogP contribution in [0.4, 0.5) is 0 Å². The van der Waals surface area contributed by atoms with Gasteiger partial charge in [-0.05, 0) is 24.1 Å². The van der Waals surface area contributed by atoms with Gasteiger partial charge in [-0.2, -0.15) is 0 Å². The molecule has 108 valence electrons. The van der Waals surface area contributed by atoms with Crippen molar-refractivity contribution in [2.45, 2.75) is 6.42 Å². The second kappa shape index (κ2) is 6.63. The fourth-order valence-electron chi connectivity index (χ4n) is 1.66. The standard InChI is InChI=1S/C12H19NO5S/c1-16-10-7-9(5-6-13-19(4,14)15)8-11(17-2)12(10)18-3/h7-8,13H,5-6H2,1-4H3. The highest BCUT2D eigenvalue weighted by atomic mass is 32.2. The van der Waals surface area contributed by atoms with Gasteiger partial charge in [-0.1, -0.05) is 0 Å². The molecular weight excluding hydrogens is 270 g/mol. The van der Waals surface area contributed by atoms with Crippen LogP contribution in [0.25, 0.3) is 0 Å². The Kier molecular flexibility index (Phi) is 5.44. The van der Waals surface area contributed by atoms with E-state index in [0.717, 1.165) is 11.8 Å². The molecular formula is C12H19NO5S. The average molecular weight is 289 g/mol. The Balaban J connectivity index is 2.90. The molecule has 0 bridgehead atoms. The van der Waals surface area contributed by atoms with Crippen LogP contribution in [0.3, 0.4) is 0 Å². The second-order valence-corrected chi connectivity index (χ2v) is 5.78. The van der Waals surface area contributed by atoms with Crippen molar-refractivity contribution in [3.05, 3.63) is 17.7 Å². The zero-order valence-electron chi connectivity index (χ0n) is 11.5. The predicted octanol–water partition coefficient (Wildman–Crippen LogP) is 0.804. The van der Waals surface area contributed by atoms with Gasteiger partial charge in [0.15, 0.2) is 11.5 Å². The van der Waals surface area contributed by atoms with E-state index in [0.29, 0.717) is 30.2 Å². The number of hydrogen-bond acceptors (Lipinski definition) is 5. The van der Waals surface area contributed by atoms with Gasteiger partial charge in [-0.3, -0.25) is 0 Å². The maximum Gasteiger partial charge on any atom is 0.208 e. The van der Waals surface area contributed by atoms with Crippen LogP contribution in [0.15, 0.2) is 12.1 Å². The maximum atomic E-state index is 11.0. The number of benzene rings is 1. The Morgan fingerprint density at radius 1 is 1.05 bits per heavy atom. The van der Waals surface area contributed by atoms with E-state index in [9.17, 15) is 8.42 Å². The van der Waals surface area contributed by atoms with Gasteiger partial charge in [0.1, 0.15) is 0 Å². The van der Waals surface area contributed by atoms with Crippen molar-refractivity contribution in [3.8, 4) is 17.2 Å². The van der Waals surface area contributed by atoms with E-state index in [2.05, 4.69) is 4.72 Å². The van der Waals surface area contributed by atoms with Gasteiger partial charge in [0.25, 0.3) is 0 Å². The number of nitrogens with one attached hydrogen (secondary N) is 1. The van der Waals surface area contributed by atoms with Crippen LogP contribution in [0, 0.1) is 0 Å². The molecule has 0 saturated heterocycles. The fourth-order valence-corrected chi connectivity index (χ4v) is 2.13. The molecule has 0 atom stereocenters. The minimum absolute atomic E-state index is 0.317. The minimum atomic E-state index is -3.18. The summed E-state index contributed by atoms with van der Waals surface area (Å²) in [4.78, 5) is 0. The molecule has 0 amide bonds. The third-order valence-corrected chi connectivity index (χ3v) is 3.23. The Labute approximate surface area is 113 Å². The SMILES string of the molecule is COc1cc(CCNS(C)(=O)=O)cc(OC)c1OC. The molecule has 1 aromatic carbocycles. The molecule has 0 fully saturated rings. The molecule has 0 radical (unpaired) electrons. The number of methoxy groups -OCH3 is 3. The lowest BCUT2D eigenvalue weighted by Gasteiger charge is -2.14. The lowest BCUT2D eigenvalue weighted by atomic mass is 10.1. The van der Waals surface area contributed by atoms with Gasteiger partial charge in [0.05, 0.1) is 27.6 Å². The van der Waals surface area contributed by atoms with Gasteiger partial charge < -0.3 is 14.2 Å². The Morgan fingerprint density at radius 3 is 1.95 bits per heavy atom. The first-order valence-corrected chi connectivity index (χ1v) is 7.54. The lowest BCUT2D eigenvalue weighted by Crippen LogP contribution is -2.24. The van der Waals surface area contributed by atoms with Crippen LogP contribution in [-0.4, -0.2) is 42.5 Å². The molecule has 1 aromatic rings. The number of rotatable bonds is 7. The van der Waals surface area contributed by atoms with Gasteiger partial charge >= 0.3 is 0 Å². The third-order valence-electron chi connectivity index (χ3n) is 2.50. The maximum absolute atomic E-state index is 11.0. The van der Waals surface area contributed by atoms with Crippen molar-refractivity contribution in [1.82, 2.24) is 4.72 Å². The van der Waals surface area contributed by atoms with Crippen LogP contribution in [0.1, 0.15) is 5.56 Å². The molecule has 0 aliphatic heterocycles. The Bertz CT molecular complexity index is 502. The molecule has 0 aromatic heterocycles. The van der Waals surface area contributed by atoms with Crippen LogP contribution in [0.5, 0.6) is 17.2 Å². The summed E-state index contributed by atoms with van der Waals surface area (Å²) in [5.41, 5.74) is 0.894. The molecule has 0 saturated carbocycles. The summed E-state index contributed by atoms with van der Waals surface area (Å²) >= 11 is 0. The van der Waals surface area contributed by atoms with E-state index < -0.39 is 10.0 Å². The summed E-state index contributed by atoms with van der Waals surface area (Å²) in [6.45, 7) is 0.317. The highest BCUT2D eigenvalue weighted by molar-refractivity contribution is 7.88. The molecule has 1 rings (SSSR count). The van der Waals surface area contributed by atoms with Gasteiger partial charge in [-0.25, -0.2) is 13.1 Å². The largest absolute Gasteiger partial charge is 0.493 e. The smallest absolute Gasteiger partial charge is 0.208 e. The molecule has 0 aliphatic rings. The molecule has 1 N–H and O–H groups in total. The van der Waals surface area contributed by atoms with Crippen LogP contribution in [0.2, 0.25) is 0 Å². The van der Waals surface area contributed by atoms with Gasteiger partial charge in [0, 0.05) is 6.54 Å². The van der Waals surface area contributed by atoms with E-state index in [-0.39, 0.29) is 0 Å². The first-order chi connectivity index (χ1) is 8.91. The van der Waals surface area contributed by atoms with E-state index in [1.165, 1.54) is 21.3 Å². The van der Waals surface area contributed by atoms with Crippen molar-refractivity contribution in [1.29, 1.82) is 0 Å². The number of hydrogen-bond donors (Lipinski definition) is 1. The highest BCUT2D eigenvalue weighted by Gasteiger charge is 2.13. The van der Waals surface area contributed by atoms with Crippen molar-refractivity contribution in [2.75, 3.05) is 34.1 Å². The van der Waals surface area contributed by atoms with Crippen molar-refractivity contribution < 1.29 is 22.6 Å². The lowest BCUT2D eigenvalue weighted by molar-refractivity contribution is 0.324. The van der Waals surface area contributed by atoms with E-state index in [1.54, 1.807) is 12.1 Å². The van der Waals surface area contributed by atoms with Crippen molar-refractivity contribution >= 4 is 10.0 Å². The number of ether oxygens (including phenoxy) is 3. The first-order valence-electron chi connectivity index (χ1n) is 5.64. The minimum Gasteiger partial charge on any atom is -0.493 e. The molecule has 19 heavy (non-hydrogen) atoms. The zero-order chi connectivity index (χ0) is 14.5. The summed E-state index contributed by atoms with van der Waals surface area (Å²) < 4.78 is 40.1. The normalized spacial score (nSPS) is 11.2. The average Bonchev–Trinajstić information content (AvgIpc) is 2.35. The molecule has 7 heteroatoms. The van der Waals surface area contributed by atoms with E-state index >= 15 is 0 Å². The summed E-state index contributed by atoms with van der Waals surface area (Å²) in [6.07, 6.45) is 1.66. The molecule has 0 heterocycles. The first kappa shape index (κ1) is 15.6. The van der Waals surface area contributed by atoms with E-state index in [1.807, 2.05) is 0 Å². The van der Waals surface area contributed by atoms with Crippen LogP contribution < -0.4 is 18.9 Å². The monoisotopic (exact) mass is 289 g/mol. The van der Waals surface area contributed by atoms with E-state index in [4.69, 9.17) is 14.2 Å².